The van der Waals surface area contributed by atoms with Crippen molar-refractivity contribution in [3.05, 3.63) is 12.2 Å². The second-order valence-electron chi connectivity index (χ2n) is 6.20. The summed E-state index contributed by atoms with van der Waals surface area (Å²) in [6.07, 6.45) is 5.18. The molecule has 0 aromatic heterocycles. The van der Waals surface area contributed by atoms with Crippen molar-refractivity contribution in [3.63, 3.8) is 0 Å². The Balaban J connectivity index is 1.83. The molecule has 0 N–H and O–H groups in total. The van der Waals surface area contributed by atoms with Crippen molar-refractivity contribution in [3.8, 4) is 0 Å². The summed E-state index contributed by atoms with van der Waals surface area (Å²) in [5.74, 6) is 0.0166. The molecule has 0 aliphatic heterocycles. The van der Waals surface area contributed by atoms with E-state index in [4.69, 9.17) is 9.47 Å². The standard InChI is InChI=1S/C17H25NO6/c1-4-23-16(20)15-12-7-5-6-11(8-9-13(12)15)24-17(21)18(2)10-14(19)22-3/h5-6,11-13,15H,4,7-10H2,1-3H3/b6-5-/t11-,12-,13+,15+/m0/s1. The van der Waals surface area contributed by atoms with E-state index in [0.29, 0.717) is 24.9 Å². The fourth-order valence-corrected chi connectivity index (χ4v) is 3.23. The summed E-state index contributed by atoms with van der Waals surface area (Å²) in [5.41, 5.74) is 0. The van der Waals surface area contributed by atoms with E-state index in [0.717, 1.165) is 12.8 Å². The van der Waals surface area contributed by atoms with Gasteiger partial charge in [-0.05, 0) is 44.1 Å². The maximum Gasteiger partial charge on any atom is 0.410 e. The number of rotatable bonds is 5. The maximum atomic E-state index is 12.0. The van der Waals surface area contributed by atoms with Gasteiger partial charge in [-0.2, -0.15) is 0 Å². The molecular weight excluding hydrogens is 314 g/mol. The summed E-state index contributed by atoms with van der Waals surface area (Å²) in [6, 6.07) is 0. The van der Waals surface area contributed by atoms with Crippen LogP contribution < -0.4 is 0 Å². The third-order valence-electron chi connectivity index (χ3n) is 4.59. The molecule has 0 aromatic carbocycles. The van der Waals surface area contributed by atoms with Crippen molar-refractivity contribution in [1.29, 1.82) is 0 Å². The molecule has 2 aliphatic carbocycles. The number of hydrogen-bond donors (Lipinski definition) is 0. The molecule has 0 unspecified atom stereocenters. The Bertz CT molecular complexity index is 517. The zero-order chi connectivity index (χ0) is 17.7. The number of likely N-dealkylation sites (N-methyl/N-ethyl adjacent to an activating group) is 1. The van der Waals surface area contributed by atoms with Crippen LogP contribution in [0.25, 0.3) is 0 Å². The average molecular weight is 339 g/mol. The van der Waals surface area contributed by atoms with Gasteiger partial charge in [0, 0.05) is 7.05 Å². The SMILES string of the molecule is CCOC(=O)[C@H]1[C@@H]2CC[C@@H](OC(=O)N(C)CC(=O)OC)/C=C\C[C@@H]21. The molecule has 24 heavy (non-hydrogen) atoms. The van der Waals surface area contributed by atoms with Crippen LogP contribution in [0, 0.1) is 17.8 Å². The van der Waals surface area contributed by atoms with Crippen molar-refractivity contribution in [2.75, 3.05) is 27.3 Å². The van der Waals surface area contributed by atoms with Crippen LogP contribution in [-0.4, -0.2) is 56.3 Å². The Morgan fingerprint density at radius 1 is 1.21 bits per heavy atom. The van der Waals surface area contributed by atoms with Gasteiger partial charge in [-0.15, -0.1) is 0 Å². The molecule has 0 bridgehead atoms. The minimum absolute atomic E-state index is 0.0222. The Morgan fingerprint density at radius 2 is 1.96 bits per heavy atom. The van der Waals surface area contributed by atoms with Gasteiger partial charge in [-0.25, -0.2) is 4.79 Å². The van der Waals surface area contributed by atoms with Gasteiger partial charge in [0.15, 0.2) is 0 Å². The molecular formula is C17H25NO6. The van der Waals surface area contributed by atoms with Crippen molar-refractivity contribution < 1.29 is 28.6 Å². The zero-order valence-electron chi connectivity index (χ0n) is 14.4. The summed E-state index contributed by atoms with van der Waals surface area (Å²) in [4.78, 5) is 36.3. The van der Waals surface area contributed by atoms with E-state index in [9.17, 15) is 14.4 Å². The molecule has 0 spiro atoms. The second-order valence-corrected chi connectivity index (χ2v) is 6.20. The third kappa shape index (κ3) is 4.49. The lowest BCUT2D eigenvalue weighted by atomic mass is 10.0. The van der Waals surface area contributed by atoms with Gasteiger partial charge >= 0.3 is 18.0 Å². The summed E-state index contributed by atoms with van der Waals surface area (Å²) >= 11 is 0. The van der Waals surface area contributed by atoms with Crippen molar-refractivity contribution in [1.82, 2.24) is 4.90 Å². The predicted octanol–water partition coefficient (Wildman–Crippen LogP) is 1.76. The molecule has 0 heterocycles. The first-order chi connectivity index (χ1) is 11.5. The highest BCUT2D eigenvalue weighted by molar-refractivity contribution is 5.78. The first-order valence-corrected chi connectivity index (χ1v) is 8.29. The Hall–Kier alpha value is -2.05. The number of esters is 2. The first-order valence-electron chi connectivity index (χ1n) is 8.29. The van der Waals surface area contributed by atoms with E-state index in [2.05, 4.69) is 4.74 Å². The molecule has 1 amide bonds. The number of nitrogens with zero attached hydrogens (tertiary/aromatic N) is 1. The number of allylic oxidation sites excluding steroid dienone is 1. The fourth-order valence-electron chi connectivity index (χ4n) is 3.23. The van der Waals surface area contributed by atoms with Gasteiger partial charge in [-0.1, -0.05) is 6.08 Å². The Kier molecular flexibility index (Phi) is 6.23. The maximum absolute atomic E-state index is 12.0. The first kappa shape index (κ1) is 18.3. The van der Waals surface area contributed by atoms with Gasteiger partial charge in [-0.3, -0.25) is 9.59 Å². The number of fused-ring (bicyclic) bond motifs is 1. The van der Waals surface area contributed by atoms with Gasteiger partial charge in [0.2, 0.25) is 0 Å². The lowest BCUT2D eigenvalue weighted by Crippen LogP contribution is -2.35. The lowest BCUT2D eigenvalue weighted by Gasteiger charge is -2.20. The van der Waals surface area contributed by atoms with Crippen molar-refractivity contribution in [2.24, 2.45) is 17.8 Å². The van der Waals surface area contributed by atoms with Crippen LogP contribution in [0.15, 0.2) is 12.2 Å². The van der Waals surface area contributed by atoms with E-state index >= 15 is 0 Å². The highest BCUT2D eigenvalue weighted by Crippen LogP contribution is 2.53. The second kappa shape index (κ2) is 8.17. The van der Waals surface area contributed by atoms with Gasteiger partial charge in [0.1, 0.15) is 12.6 Å². The van der Waals surface area contributed by atoms with Gasteiger partial charge in [0.05, 0.1) is 19.6 Å². The van der Waals surface area contributed by atoms with E-state index < -0.39 is 12.1 Å². The highest BCUT2D eigenvalue weighted by Gasteiger charge is 2.54. The molecule has 1 saturated carbocycles. The summed E-state index contributed by atoms with van der Waals surface area (Å²) in [5, 5.41) is 0. The van der Waals surface area contributed by atoms with E-state index in [1.54, 1.807) is 0 Å². The predicted molar refractivity (Wildman–Crippen MR) is 85.0 cm³/mol. The Labute approximate surface area is 141 Å². The number of hydrogen-bond acceptors (Lipinski definition) is 6. The Morgan fingerprint density at radius 3 is 2.62 bits per heavy atom. The molecule has 7 heteroatoms. The number of amides is 1. The van der Waals surface area contributed by atoms with Crippen LogP contribution in [0.1, 0.15) is 26.2 Å². The molecule has 0 radical (unpaired) electrons. The minimum atomic E-state index is -0.565. The van der Waals surface area contributed by atoms with Gasteiger partial charge in [0.25, 0.3) is 0 Å². The fraction of sp³-hybridized carbons (Fsp3) is 0.706. The molecule has 1 fully saturated rings. The molecule has 0 aromatic rings. The molecule has 2 aliphatic rings. The highest BCUT2D eigenvalue weighted by atomic mass is 16.6. The molecule has 134 valence electrons. The smallest absolute Gasteiger partial charge is 0.410 e. The van der Waals surface area contributed by atoms with Crippen LogP contribution in [0.3, 0.4) is 0 Å². The summed E-state index contributed by atoms with van der Waals surface area (Å²) in [7, 11) is 2.75. The van der Waals surface area contributed by atoms with Crippen molar-refractivity contribution in [2.45, 2.75) is 32.3 Å². The van der Waals surface area contributed by atoms with E-state index in [1.807, 2.05) is 19.1 Å². The normalized spacial score (nSPS) is 29.3. The molecule has 2 rings (SSSR count). The minimum Gasteiger partial charge on any atom is -0.468 e. The van der Waals surface area contributed by atoms with Gasteiger partial charge < -0.3 is 19.1 Å². The zero-order valence-corrected chi connectivity index (χ0v) is 14.4. The van der Waals surface area contributed by atoms with Crippen LogP contribution in [-0.2, 0) is 23.8 Å². The number of carbonyl (C=O) groups excluding carboxylic acids is 3. The molecule has 0 saturated heterocycles. The number of methoxy groups -OCH3 is 1. The third-order valence-corrected chi connectivity index (χ3v) is 4.59. The topological polar surface area (TPSA) is 82.1 Å². The van der Waals surface area contributed by atoms with Crippen LogP contribution in [0.2, 0.25) is 0 Å². The van der Waals surface area contributed by atoms with E-state index in [-0.39, 0.29) is 24.5 Å². The van der Waals surface area contributed by atoms with Crippen LogP contribution in [0.5, 0.6) is 0 Å². The summed E-state index contributed by atoms with van der Waals surface area (Å²) < 4.78 is 15.1. The monoisotopic (exact) mass is 339 g/mol. The number of ether oxygens (including phenoxy) is 3. The van der Waals surface area contributed by atoms with Crippen LogP contribution in [0.4, 0.5) is 4.79 Å². The summed E-state index contributed by atoms with van der Waals surface area (Å²) in [6.45, 7) is 2.06. The van der Waals surface area contributed by atoms with Crippen LogP contribution >= 0.6 is 0 Å². The average Bonchev–Trinajstić information content (AvgIpc) is 3.21. The molecule has 4 atom stereocenters. The molecule has 7 nitrogen and oxygen atoms in total. The quantitative estimate of drug-likeness (QED) is 0.431. The number of carbonyl (C=O) groups is 3. The van der Waals surface area contributed by atoms with E-state index in [1.165, 1.54) is 19.1 Å². The lowest BCUT2D eigenvalue weighted by molar-refractivity contribution is -0.145. The van der Waals surface area contributed by atoms with Crippen molar-refractivity contribution >= 4 is 18.0 Å². The largest absolute Gasteiger partial charge is 0.468 e.